The van der Waals surface area contributed by atoms with E-state index in [2.05, 4.69) is 6.58 Å². The number of ether oxygens (including phenoxy) is 2. The van der Waals surface area contributed by atoms with Crippen LogP contribution in [0.15, 0.2) is 67.3 Å². The van der Waals surface area contributed by atoms with Crippen molar-refractivity contribution in [1.29, 1.82) is 0 Å². The Morgan fingerprint density at radius 1 is 0.943 bits per heavy atom. The molecule has 0 amide bonds. The van der Waals surface area contributed by atoms with E-state index in [1.807, 2.05) is 19.1 Å². The van der Waals surface area contributed by atoms with E-state index in [-0.39, 0.29) is 23.2 Å². The van der Waals surface area contributed by atoms with E-state index < -0.39 is 11.6 Å². The quantitative estimate of drug-likeness (QED) is 0.285. The van der Waals surface area contributed by atoms with Crippen molar-refractivity contribution in [1.82, 2.24) is 0 Å². The molecule has 1 heterocycles. The van der Waals surface area contributed by atoms with Crippen LogP contribution in [0.3, 0.4) is 0 Å². The molecule has 0 radical (unpaired) electrons. The number of benzene rings is 3. The SMILES string of the molecule is C=CCCC1CCC(c2ccc(-c3ccc(-c4ccc(OCCC)c(F)c4F)cc3)c(F)c2)OC1. The highest BCUT2D eigenvalue weighted by molar-refractivity contribution is 5.71. The third kappa shape index (κ3) is 5.79. The van der Waals surface area contributed by atoms with Crippen LogP contribution in [-0.2, 0) is 4.74 Å². The van der Waals surface area contributed by atoms with Crippen LogP contribution in [0.4, 0.5) is 13.2 Å². The van der Waals surface area contributed by atoms with Crippen LogP contribution >= 0.6 is 0 Å². The Morgan fingerprint density at radius 3 is 2.29 bits per heavy atom. The fourth-order valence-electron chi connectivity index (χ4n) is 4.52. The number of hydrogen-bond acceptors (Lipinski definition) is 2. The van der Waals surface area contributed by atoms with Crippen molar-refractivity contribution in [2.45, 2.75) is 45.1 Å². The van der Waals surface area contributed by atoms with E-state index in [4.69, 9.17) is 9.47 Å². The van der Waals surface area contributed by atoms with Gasteiger partial charge in [-0.15, -0.1) is 6.58 Å². The summed E-state index contributed by atoms with van der Waals surface area (Å²) in [7, 11) is 0. The van der Waals surface area contributed by atoms with Gasteiger partial charge in [-0.2, -0.15) is 4.39 Å². The zero-order chi connectivity index (χ0) is 24.8. The zero-order valence-corrected chi connectivity index (χ0v) is 20.0. The first kappa shape index (κ1) is 25.1. The monoisotopic (exact) mass is 480 g/mol. The van der Waals surface area contributed by atoms with Crippen LogP contribution in [0.1, 0.15) is 50.7 Å². The summed E-state index contributed by atoms with van der Waals surface area (Å²) in [6.07, 6.45) is 6.54. The first-order valence-corrected chi connectivity index (χ1v) is 12.2. The lowest BCUT2D eigenvalue weighted by Gasteiger charge is -2.29. The molecule has 3 aromatic carbocycles. The van der Waals surface area contributed by atoms with Gasteiger partial charge >= 0.3 is 0 Å². The molecule has 1 saturated heterocycles. The fraction of sp³-hybridized carbons (Fsp3) is 0.333. The van der Waals surface area contributed by atoms with Crippen molar-refractivity contribution in [2.75, 3.05) is 13.2 Å². The van der Waals surface area contributed by atoms with E-state index in [0.717, 1.165) is 31.2 Å². The molecule has 1 fully saturated rings. The molecular formula is C30H31F3O2. The van der Waals surface area contributed by atoms with Crippen molar-refractivity contribution in [3.05, 3.63) is 90.3 Å². The summed E-state index contributed by atoms with van der Waals surface area (Å²) in [4.78, 5) is 0. The van der Waals surface area contributed by atoms with Crippen LogP contribution in [0, 0.1) is 23.4 Å². The Hall–Kier alpha value is -3.05. The van der Waals surface area contributed by atoms with Crippen molar-refractivity contribution < 1.29 is 22.6 Å². The van der Waals surface area contributed by atoms with E-state index in [1.165, 1.54) is 12.1 Å². The first-order valence-electron chi connectivity index (χ1n) is 12.2. The second-order valence-electron chi connectivity index (χ2n) is 9.04. The molecule has 4 rings (SSSR count). The lowest BCUT2D eigenvalue weighted by Crippen LogP contribution is -2.20. The summed E-state index contributed by atoms with van der Waals surface area (Å²) in [5, 5.41) is 0. The van der Waals surface area contributed by atoms with Crippen molar-refractivity contribution >= 4 is 0 Å². The lowest BCUT2D eigenvalue weighted by atomic mass is 9.91. The summed E-state index contributed by atoms with van der Waals surface area (Å²) in [5.74, 6) is -1.85. The molecule has 35 heavy (non-hydrogen) atoms. The Kier molecular flexibility index (Phi) is 8.29. The molecule has 0 bridgehead atoms. The van der Waals surface area contributed by atoms with Gasteiger partial charge in [-0.3, -0.25) is 0 Å². The van der Waals surface area contributed by atoms with E-state index >= 15 is 4.39 Å². The van der Waals surface area contributed by atoms with Crippen molar-refractivity contribution in [2.24, 2.45) is 5.92 Å². The maximum atomic E-state index is 15.0. The van der Waals surface area contributed by atoms with Gasteiger partial charge in [0.05, 0.1) is 19.3 Å². The van der Waals surface area contributed by atoms with Crippen molar-refractivity contribution in [3.8, 4) is 28.0 Å². The predicted molar refractivity (Wildman–Crippen MR) is 134 cm³/mol. The molecular weight excluding hydrogens is 449 g/mol. The maximum Gasteiger partial charge on any atom is 0.201 e. The number of allylic oxidation sites excluding steroid dienone is 1. The van der Waals surface area contributed by atoms with Gasteiger partial charge in [0, 0.05) is 11.1 Å². The van der Waals surface area contributed by atoms with Gasteiger partial charge < -0.3 is 9.47 Å². The molecule has 2 unspecified atom stereocenters. The standard InChI is InChI=1S/C30H31F3O2/c1-3-5-6-20-7-15-27(35-19-20)23-12-13-24(26(31)18-23)21-8-10-22(11-9-21)25-14-16-28(34-17-4-2)30(33)29(25)32/h3,8-14,16,18,20,27H,1,4-7,15,17,19H2,2H3. The van der Waals surface area contributed by atoms with Crippen LogP contribution in [0.5, 0.6) is 5.75 Å². The molecule has 2 nitrogen and oxygen atoms in total. The third-order valence-corrected chi connectivity index (χ3v) is 6.53. The summed E-state index contributed by atoms with van der Waals surface area (Å²) in [5.41, 5.74) is 2.60. The van der Waals surface area contributed by atoms with Gasteiger partial charge in [-0.25, -0.2) is 8.78 Å². The fourth-order valence-corrected chi connectivity index (χ4v) is 4.52. The third-order valence-electron chi connectivity index (χ3n) is 6.53. The summed E-state index contributed by atoms with van der Waals surface area (Å²) in [6, 6.07) is 14.9. The van der Waals surface area contributed by atoms with Gasteiger partial charge in [0.1, 0.15) is 5.82 Å². The normalized spacial score (nSPS) is 17.8. The highest BCUT2D eigenvalue weighted by atomic mass is 19.2. The molecule has 1 aliphatic rings. The minimum Gasteiger partial charge on any atom is -0.490 e. The Bertz CT molecular complexity index is 1150. The van der Waals surface area contributed by atoms with Gasteiger partial charge in [0.15, 0.2) is 11.6 Å². The largest absolute Gasteiger partial charge is 0.490 e. The molecule has 3 aromatic rings. The molecule has 184 valence electrons. The minimum atomic E-state index is -1.00. The van der Waals surface area contributed by atoms with Gasteiger partial charge in [-0.05, 0) is 72.9 Å². The van der Waals surface area contributed by atoms with E-state index in [1.54, 1.807) is 36.4 Å². The molecule has 0 spiro atoms. The van der Waals surface area contributed by atoms with Crippen LogP contribution in [-0.4, -0.2) is 13.2 Å². The highest BCUT2D eigenvalue weighted by Crippen LogP contribution is 2.35. The smallest absolute Gasteiger partial charge is 0.201 e. The predicted octanol–water partition coefficient (Wildman–Crippen LogP) is 8.66. The first-order chi connectivity index (χ1) is 17.0. The van der Waals surface area contributed by atoms with Gasteiger partial charge in [0.25, 0.3) is 0 Å². The van der Waals surface area contributed by atoms with Crippen molar-refractivity contribution in [3.63, 3.8) is 0 Å². The molecule has 0 saturated carbocycles. The summed E-state index contributed by atoms with van der Waals surface area (Å²) in [6.45, 7) is 6.67. The van der Waals surface area contributed by atoms with E-state index in [9.17, 15) is 8.78 Å². The van der Waals surface area contributed by atoms with Gasteiger partial charge in [-0.1, -0.05) is 49.4 Å². The summed E-state index contributed by atoms with van der Waals surface area (Å²) < 4.78 is 55.3. The average molecular weight is 481 g/mol. The van der Waals surface area contributed by atoms with Gasteiger partial charge in [0.2, 0.25) is 5.82 Å². The zero-order valence-electron chi connectivity index (χ0n) is 20.0. The molecule has 0 aromatic heterocycles. The minimum absolute atomic E-state index is 0.0944. The van der Waals surface area contributed by atoms with E-state index in [0.29, 0.717) is 42.2 Å². The molecule has 2 atom stereocenters. The number of hydrogen-bond donors (Lipinski definition) is 0. The van der Waals surface area contributed by atoms with Crippen LogP contribution in [0.2, 0.25) is 0 Å². The lowest BCUT2D eigenvalue weighted by molar-refractivity contribution is -0.0191. The maximum absolute atomic E-state index is 15.0. The topological polar surface area (TPSA) is 18.5 Å². The highest BCUT2D eigenvalue weighted by Gasteiger charge is 2.23. The molecule has 0 N–H and O–H groups in total. The molecule has 1 aliphatic heterocycles. The summed E-state index contributed by atoms with van der Waals surface area (Å²) >= 11 is 0. The second kappa shape index (κ2) is 11.6. The molecule has 5 heteroatoms. The molecule has 0 aliphatic carbocycles. The van der Waals surface area contributed by atoms with Crippen LogP contribution in [0.25, 0.3) is 22.3 Å². The second-order valence-corrected chi connectivity index (χ2v) is 9.04. The van der Waals surface area contributed by atoms with Crippen LogP contribution < -0.4 is 4.74 Å². The Balaban J connectivity index is 1.47. The Morgan fingerprint density at radius 2 is 1.66 bits per heavy atom. The Labute approximate surface area is 205 Å². The average Bonchev–Trinajstić information content (AvgIpc) is 2.89. The number of rotatable bonds is 9. The number of halogens is 3.